The number of unbranched alkanes of at least 4 members (excludes halogenated alkanes) is 28. The third-order valence-electron chi connectivity index (χ3n) is 18.3. The number of carbonyl (C=O) groups is 3. The summed E-state index contributed by atoms with van der Waals surface area (Å²) >= 11 is 0. The second-order valence-electron chi connectivity index (χ2n) is 29.3. The van der Waals surface area contributed by atoms with Crippen molar-refractivity contribution in [3.63, 3.8) is 0 Å². The minimum atomic E-state index is -4.95. The first kappa shape index (κ1) is 109. The van der Waals surface area contributed by atoms with E-state index in [0.717, 1.165) is 199 Å². The fourth-order valence-electron chi connectivity index (χ4n) is 11.6. The fourth-order valence-corrected chi connectivity index (χ4v) is 13.2. The molecule has 0 aromatic carbocycles. The van der Waals surface area contributed by atoms with Crippen LogP contribution in [0.25, 0.3) is 0 Å². The lowest BCUT2D eigenvalue weighted by Crippen LogP contribution is -2.30. The first-order chi connectivity index (χ1) is 56.2. The van der Waals surface area contributed by atoms with Crippen LogP contribution in [0.15, 0.2) is 194 Å². The van der Waals surface area contributed by atoms with Crippen LogP contribution in [-0.4, -0.2) is 95.9 Å². The average Bonchev–Trinajstić information content (AvgIpc) is 0.900. The van der Waals surface area contributed by atoms with Gasteiger partial charge in [-0.25, -0.2) is 9.13 Å². The summed E-state index contributed by atoms with van der Waals surface area (Å²) in [6.07, 6.45) is 116. The summed E-state index contributed by atoms with van der Waals surface area (Å²) in [6.45, 7) is 2.32. The van der Waals surface area contributed by atoms with Gasteiger partial charge < -0.3 is 34.2 Å². The molecule has 5 unspecified atom stereocenters. The maximum absolute atomic E-state index is 13.1. The molecule has 0 radical (unpaired) electrons. The molecule has 5 atom stereocenters. The zero-order chi connectivity index (χ0) is 83.6. The molecule has 4 N–H and O–H groups in total. The van der Waals surface area contributed by atoms with Gasteiger partial charge in [0.1, 0.15) is 25.4 Å². The zero-order valence-corrected chi connectivity index (χ0v) is 73.7. The Balaban J connectivity index is 4.63. The minimum absolute atomic E-state index is 0.0735. The number of allylic oxidation sites excluding steroid dienone is 32. The maximum atomic E-state index is 13.1. The summed E-state index contributed by atoms with van der Waals surface area (Å²) in [6, 6.07) is 0. The summed E-state index contributed by atoms with van der Waals surface area (Å²) in [5.41, 5.74) is 0. The van der Waals surface area contributed by atoms with Crippen LogP contribution >= 0.6 is 15.6 Å². The van der Waals surface area contributed by atoms with E-state index in [1.54, 1.807) is 0 Å². The van der Waals surface area contributed by atoms with Crippen molar-refractivity contribution in [3.05, 3.63) is 194 Å². The first-order valence-corrected chi connectivity index (χ1v) is 47.7. The highest BCUT2D eigenvalue weighted by atomic mass is 31.2. The maximum Gasteiger partial charge on any atom is 0.472 e. The molecule has 18 heteroatoms. The van der Waals surface area contributed by atoms with Gasteiger partial charge in [-0.3, -0.25) is 32.5 Å². The number of aliphatic hydroxyl groups excluding tert-OH is 2. The van der Waals surface area contributed by atoms with E-state index < -0.39 is 91.5 Å². The van der Waals surface area contributed by atoms with Crippen molar-refractivity contribution in [2.45, 2.75) is 360 Å². The highest BCUT2D eigenvalue weighted by molar-refractivity contribution is 7.47. The fraction of sp³-hybridized carbons (Fsp3) is 0.639. The molecule has 0 aliphatic heterocycles. The molecule has 0 aromatic rings. The van der Waals surface area contributed by atoms with Crippen molar-refractivity contribution in [1.29, 1.82) is 0 Å². The molecular formula is C97H160O16P2. The van der Waals surface area contributed by atoms with E-state index in [1.165, 1.54) is 83.5 Å². The summed E-state index contributed by atoms with van der Waals surface area (Å²) in [5, 5.41) is 20.7. The highest BCUT2D eigenvalue weighted by Crippen LogP contribution is 2.45. The number of esters is 3. The number of phosphoric acid groups is 2. The van der Waals surface area contributed by atoms with Gasteiger partial charge in [0.2, 0.25) is 0 Å². The molecule has 16 nitrogen and oxygen atoms in total. The average molecular weight is 1640 g/mol. The molecule has 0 bridgehead atoms. The smallest absolute Gasteiger partial charge is 0.463 e. The molecule has 0 amide bonds. The van der Waals surface area contributed by atoms with Gasteiger partial charge >= 0.3 is 33.6 Å². The standard InChI is InChI=1S/C97H160O16P2/c1-4-7-10-13-16-19-22-25-28-31-34-37-39-41-43-44-45-46-48-50-51-54-56-59-62-65-68-71-74-77-80-83-95(100)107-86-92(98)87-109-114(103,104)110-88-93(99)89-111-115(105,106)112-91-94(113-97(102)85-82-79-76-73-70-67-64-61-58-53-36-33-30-27-24-21-18-15-12-9-6-3)90-108-96(101)84-81-78-75-72-69-66-63-60-57-55-52-49-47-42-40-38-35-32-29-26-23-20-17-14-11-8-5-2/h7-12,16-21,25-30,34-38,41-43,47,52-53,55,61,64,92-94,98-99H,4-6,13-15,22-24,31-33,39-40,44-46,48-51,54,56-60,62-63,65-91H2,1-3H3,(H,103,104)(H,105,106)/b10-7-,11-8-,12-9-,19-16-,20-17-,21-18-,28-25-,29-26-,30-27-,37-34-,38-35-,43-41-,47-42-,53-36-,55-52-,64-61-. The Kier molecular flexibility index (Phi) is 83.4. The van der Waals surface area contributed by atoms with E-state index in [2.05, 4.69) is 215 Å². The predicted octanol–water partition coefficient (Wildman–Crippen LogP) is 27.4. The molecule has 0 fully saturated rings. The number of ether oxygens (including phenoxy) is 3. The lowest BCUT2D eigenvalue weighted by Gasteiger charge is -2.21. The SMILES string of the molecule is CC/C=C\C/C=C\C/C=C\C/C=C\C/C=C\C/C=C\CCCCCCCCCCC(=O)OCC(COP(=O)(O)OCC(O)COP(=O)(O)OCC(O)COC(=O)CCCCCCCCCCCCCCCCC/C=C\C/C=C\C/C=C\C/C=C\C/C=C\CC)OC(=O)CCCCCCC/C=C\C/C=C\C/C=C\C/C=C\C/C=C\CC. The summed E-state index contributed by atoms with van der Waals surface area (Å²) < 4.78 is 61.4. The molecule has 0 spiro atoms. The van der Waals surface area contributed by atoms with Gasteiger partial charge in [-0.1, -0.05) is 356 Å². The van der Waals surface area contributed by atoms with E-state index in [4.69, 9.17) is 32.3 Å². The molecule has 654 valence electrons. The van der Waals surface area contributed by atoms with Gasteiger partial charge in [-0.05, 0) is 161 Å². The molecule has 0 aliphatic carbocycles. The number of carbonyl (C=O) groups excluding carboxylic acids is 3. The number of hydrogen-bond donors (Lipinski definition) is 4. The number of aliphatic hydroxyl groups is 2. The normalized spacial score (nSPS) is 14.7. The lowest BCUT2D eigenvalue weighted by atomic mass is 10.0. The third kappa shape index (κ3) is 89.0. The van der Waals surface area contributed by atoms with Crippen LogP contribution in [0.1, 0.15) is 342 Å². The van der Waals surface area contributed by atoms with Gasteiger partial charge in [-0.15, -0.1) is 0 Å². The van der Waals surface area contributed by atoms with Crippen LogP contribution in [0.4, 0.5) is 0 Å². The molecule has 0 aliphatic rings. The van der Waals surface area contributed by atoms with Crippen molar-refractivity contribution in [3.8, 4) is 0 Å². The topological polar surface area (TPSA) is 231 Å². The van der Waals surface area contributed by atoms with Crippen LogP contribution in [0.3, 0.4) is 0 Å². The highest BCUT2D eigenvalue weighted by Gasteiger charge is 2.29. The first-order valence-electron chi connectivity index (χ1n) is 44.7. The second kappa shape index (κ2) is 87.7. The van der Waals surface area contributed by atoms with Gasteiger partial charge in [0.05, 0.1) is 26.4 Å². The molecular weight excluding hydrogens is 1480 g/mol. The monoisotopic (exact) mass is 1640 g/mol. The van der Waals surface area contributed by atoms with Crippen LogP contribution in [0.5, 0.6) is 0 Å². The van der Waals surface area contributed by atoms with Gasteiger partial charge in [-0.2, -0.15) is 0 Å². The van der Waals surface area contributed by atoms with E-state index in [1.807, 2.05) is 0 Å². The third-order valence-corrected chi connectivity index (χ3v) is 20.2. The quantitative estimate of drug-likeness (QED) is 0.0146. The Morgan fingerprint density at radius 2 is 0.435 bits per heavy atom. The van der Waals surface area contributed by atoms with Crippen LogP contribution < -0.4 is 0 Å². The van der Waals surface area contributed by atoms with Crippen molar-refractivity contribution < 1.29 is 75.8 Å². The number of hydrogen-bond acceptors (Lipinski definition) is 14. The molecule has 115 heavy (non-hydrogen) atoms. The summed E-state index contributed by atoms with van der Waals surface area (Å²) in [7, 11) is -9.83. The van der Waals surface area contributed by atoms with Crippen LogP contribution in [0.2, 0.25) is 0 Å². The Hall–Kier alpha value is -5.61. The van der Waals surface area contributed by atoms with E-state index in [0.29, 0.717) is 19.3 Å². The molecule has 0 saturated heterocycles. The Bertz CT molecular complexity index is 2870. The van der Waals surface area contributed by atoms with Crippen LogP contribution in [-0.2, 0) is 55.8 Å². The van der Waals surface area contributed by atoms with Crippen LogP contribution in [0, 0.1) is 0 Å². The van der Waals surface area contributed by atoms with Crippen molar-refractivity contribution in [1.82, 2.24) is 0 Å². The predicted molar refractivity (Wildman–Crippen MR) is 481 cm³/mol. The minimum Gasteiger partial charge on any atom is -0.463 e. The summed E-state index contributed by atoms with van der Waals surface area (Å²) in [4.78, 5) is 59.0. The van der Waals surface area contributed by atoms with Crippen molar-refractivity contribution in [2.75, 3.05) is 39.6 Å². The molecule has 0 saturated carbocycles. The van der Waals surface area contributed by atoms with Crippen molar-refractivity contribution in [2.24, 2.45) is 0 Å². The number of phosphoric ester groups is 2. The molecule has 0 aromatic heterocycles. The Labute approximate surface area is 699 Å². The van der Waals surface area contributed by atoms with E-state index in [-0.39, 0.29) is 19.3 Å². The summed E-state index contributed by atoms with van der Waals surface area (Å²) in [5.74, 6) is -1.61. The Morgan fingerprint density at radius 3 is 0.687 bits per heavy atom. The van der Waals surface area contributed by atoms with Gasteiger partial charge in [0.15, 0.2) is 6.10 Å². The lowest BCUT2D eigenvalue weighted by molar-refractivity contribution is -0.161. The van der Waals surface area contributed by atoms with Gasteiger partial charge in [0, 0.05) is 19.3 Å². The zero-order valence-electron chi connectivity index (χ0n) is 71.9. The number of rotatable bonds is 83. The van der Waals surface area contributed by atoms with Gasteiger partial charge in [0.25, 0.3) is 0 Å². The largest absolute Gasteiger partial charge is 0.472 e. The van der Waals surface area contributed by atoms with Crippen molar-refractivity contribution >= 4 is 33.6 Å². The van der Waals surface area contributed by atoms with E-state index in [9.17, 15) is 43.5 Å². The molecule has 0 heterocycles. The second-order valence-corrected chi connectivity index (χ2v) is 32.2. The molecule has 0 rings (SSSR count). The van der Waals surface area contributed by atoms with E-state index >= 15 is 0 Å². The Morgan fingerprint density at radius 1 is 0.243 bits per heavy atom.